The first-order valence-electron chi connectivity index (χ1n) is 8.49. The van der Waals surface area contributed by atoms with Gasteiger partial charge in [0.05, 0.1) is 0 Å². The van der Waals surface area contributed by atoms with Crippen LogP contribution in [0.1, 0.15) is 70.8 Å². The molecule has 0 saturated heterocycles. The number of nitrogens with one attached hydrogen (secondary N) is 1. The monoisotopic (exact) mass is 351 g/mol. The van der Waals surface area contributed by atoms with Crippen molar-refractivity contribution in [3.05, 3.63) is 34.3 Å². The Morgan fingerprint density at radius 2 is 1.90 bits per heavy atom. The molecule has 0 bridgehead atoms. The summed E-state index contributed by atoms with van der Waals surface area (Å²) >= 11 is 3.68. The Morgan fingerprint density at radius 3 is 2.57 bits per heavy atom. The first kappa shape index (κ1) is 17.0. The summed E-state index contributed by atoms with van der Waals surface area (Å²) in [6.07, 6.45) is 7.97. The average molecular weight is 352 g/mol. The Kier molecular flexibility index (Phi) is 6.31. The van der Waals surface area contributed by atoms with Gasteiger partial charge in [-0.05, 0) is 42.2 Å². The van der Waals surface area contributed by atoms with E-state index in [0.717, 1.165) is 12.5 Å². The maximum Gasteiger partial charge on any atom is 0.0210 e. The Bertz CT molecular complexity index is 435. The first-order chi connectivity index (χ1) is 10.0. The second-order valence-electron chi connectivity index (χ2n) is 7.39. The van der Waals surface area contributed by atoms with E-state index in [0.29, 0.717) is 11.5 Å². The van der Waals surface area contributed by atoms with Gasteiger partial charge >= 0.3 is 0 Å². The average Bonchev–Trinajstić information content (AvgIpc) is 2.39. The van der Waals surface area contributed by atoms with Crippen LogP contribution in [-0.2, 0) is 0 Å². The predicted molar refractivity (Wildman–Crippen MR) is 95.8 cm³/mol. The van der Waals surface area contributed by atoms with Gasteiger partial charge in [-0.25, -0.2) is 0 Å². The highest BCUT2D eigenvalue weighted by atomic mass is 79.9. The van der Waals surface area contributed by atoms with Crippen LogP contribution in [-0.4, -0.2) is 12.6 Å². The summed E-state index contributed by atoms with van der Waals surface area (Å²) in [5.41, 5.74) is 1.92. The highest BCUT2D eigenvalue weighted by molar-refractivity contribution is 9.10. The van der Waals surface area contributed by atoms with Gasteiger partial charge in [0, 0.05) is 17.1 Å². The van der Waals surface area contributed by atoms with E-state index in [2.05, 4.69) is 66.3 Å². The van der Waals surface area contributed by atoms with Crippen molar-refractivity contribution in [1.82, 2.24) is 5.32 Å². The molecule has 1 nitrogen and oxygen atoms in total. The summed E-state index contributed by atoms with van der Waals surface area (Å²) in [7, 11) is 0. The van der Waals surface area contributed by atoms with E-state index in [9.17, 15) is 0 Å². The molecule has 0 unspecified atom stereocenters. The third-order valence-corrected chi connectivity index (χ3v) is 5.53. The van der Waals surface area contributed by atoms with Gasteiger partial charge in [-0.1, -0.05) is 74.2 Å². The second-order valence-corrected chi connectivity index (χ2v) is 8.24. The van der Waals surface area contributed by atoms with E-state index < -0.39 is 0 Å². The van der Waals surface area contributed by atoms with Gasteiger partial charge in [0.25, 0.3) is 0 Å². The minimum Gasteiger partial charge on any atom is -0.313 e. The summed E-state index contributed by atoms with van der Waals surface area (Å²) < 4.78 is 1.27. The summed E-state index contributed by atoms with van der Waals surface area (Å²) in [6.45, 7) is 8.24. The van der Waals surface area contributed by atoms with Gasteiger partial charge in [0.2, 0.25) is 0 Å². The summed E-state index contributed by atoms with van der Waals surface area (Å²) in [5.74, 6) is 0.737. The maximum atomic E-state index is 3.79. The summed E-state index contributed by atoms with van der Waals surface area (Å²) in [6, 6.07) is 9.39. The fraction of sp³-hybridized carbons (Fsp3) is 0.684. The smallest absolute Gasteiger partial charge is 0.0210 e. The van der Waals surface area contributed by atoms with Crippen LogP contribution in [0.4, 0.5) is 0 Å². The van der Waals surface area contributed by atoms with Gasteiger partial charge in [-0.2, -0.15) is 0 Å². The fourth-order valence-electron chi connectivity index (χ4n) is 3.21. The van der Waals surface area contributed by atoms with Crippen LogP contribution >= 0.6 is 15.9 Å². The number of benzene rings is 1. The number of hydrogen-bond donors (Lipinski definition) is 1. The maximum absolute atomic E-state index is 3.79. The quantitative estimate of drug-likeness (QED) is 0.575. The Morgan fingerprint density at radius 1 is 1.19 bits per heavy atom. The van der Waals surface area contributed by atoms with Crippen molar-refractivity contribution in [2.45, 2.75) is 71.3 Å². The zero-order valence-corrected chi connectivity index (χ0v) is 15.4. The Balaban J connectivity index is 1.70. The van der Waals surface area contributed by atoms with Gasteiger partial charge < -0.3 is 5.32 Å². The Hall–Kier alpha value is -0.340. The molecule has 2 rings (SSSR count). The number of unbranched alkanes of at least 4 members (excludes halogenated alkanes) is 2. The van der Waals surface area contributed by atoms with Gasteiger partial charge in [-0.3, -0.25) is 0 Å². The number of rotatable bonds is 8. The molecule has 1 aliphatic rings. The topological polar surface area (TPSA) is 12.0 Å². The van der Waals surface area contributed by atoms with Crippen molar-refractivity contribution in [1.29, 1.82) is 0 Å². The van der Waals surface area contributed by atoms with Crippen molar-refractivity contribution in [2.24, 2.45) is 5.41 Å². The van der Waals surface area contributed by atoms with E-state index in [4.69, 9.17) is 0 Å². The molecule has 0 atom stereocenters. The molecule has 0 aliphatic heterocycles. The van der Waals surface area contributed by atoms with E-state index >= 15 is 0 Å². The molecule has 21 heavy (non-hydrogen) atoms. The molecule has 0 heterocycles. The molecule has 0 aromatic heterocycles. The van der Waals surface area contributed by atoms with Gasteiger partial charge in [0.15, 0.2) is 0 Å². The first-order valence-corrected chi connectivity index (χ1v) is 9.29. The van der Waals surface area contributed by atoms with Crippen molar-refractivity contribution in [2.75, 3.05) is 6.54 Å². The van der Waals surface area contributed by atoms with Crippen LogP contribution in [0, 0.1) is 5.41 Å². The van der Waals surface area contributed by atoms with Crippen LogP contribution in [0.3, 0.4) is 0 Å². The lowest BCUT2D eigenvalue weighted by Gasteiger charge is -2.39. The lowest BCUT2D eigenvalue weighted by atomic mass is 9.75. The van der Waals surface area contributed by atoms with Crippen LogP contribution in [0.25, 0.3) is 0 Å². The normalized spacial score (nSPS) is 22.1. The molecule has 1 aromatic carbocycles. The molecule has 2 heteroatoms. The molecule has 1 N–H and O–H groups in total. The van der Waals surface area contributed by atoms with Gasteiger partial charge in [0.1, 0.15) is 0 Å². The highest BCUT2D eigenvalue weighted by Crippen LogP contribution is 2.40. The molecule has 0 spiro atoms. The van der Waals surface area contributed by atoms with E-state index in [1.54, 1.807) is 0 Å². The predicted octanol–water partition coefficient (Wildman–Crippen LogP) is 5.89. The number of halogens is 1. The van der Waals surface area contributed by atoms with Crippen LogP contribution in [0.15, 0.2) is 28.7 Å². The second kappa shape index (κ2) is 7.78. The molecule has 0 radical (unpaired) electrons. The molecular weight excluding hydrogens is 322 g/mol. The van der Waals surface area contributed by atoms with E-state index in [-0.39, 0.29) is 0 Å². The van der Waals surface area contributed by atoms with E-state index in [1.165, 1.54) is 48.6 Å². The standard InChI is InChI=1S/C19H30BrN/c1-4-5-8-11-19(2,3)14-21-16-12-15(13-16)17-9-6-7-10-18(17)20/h6-7,9-10,15-16,21H,4-5,8,11-14H2,1-3H3. The SMILES string of the molecule is CCCCCC(C)(C)CNC1CC(c2ccccc2Br)C1. The molecule has 118 valence electrons. The van der Waals surface area contributed by atoms with Crippen LogP contribution in [0.2, 0.25) is 0 Å². The summed E-state index contributed by atoms with van der Waals surface area (Å²) in [4.78, 5) is 0. The molecular formula is C19H30BrN. The molecule has 1 aliphatic carbocycles. The van der Waals surface area contributed by atoms with Crippen molar-refractivity contribution < 1.29 is 0 Å². The zero-order valence-electron chi connectivity index (χ0n) is 13.8. The minimum atomic E-state index is 0.438. The lowest BCUT2D eigenvalue weighted by molar-refractivity contribution is 0.231. The van der Waals surface area contributed by atoms with Crippen molar-refractivity contribution >= 4 is 15.9 Å². The fourth-order valence-corrected chi connectivity index (χ4v) is 3.82. The number of hydrogen-bond acceptors (Lipinski definition) is 1. The van der Waals surface area contributed by atoms with Crippen LogP contribution in [0.5, 0.6) is 0 Å². The van der Waals surface area contributed by atoms with Crippen LogP contribution < -0.4 is 5.32 Å². The minimum absolute atomic E-state index is 0.438. The molecule has 1 saturated carbocycles. The van der Waals surface area contributed by atoms with E-state index in [1.807, 2.05) is 0 Å². The Labute approximate surface area is 139 Å². The largest absolute Gasteiger partial charge is 0.313 e. The van der Waals surface area contributed by atoms with Crippen molar-refractivity contribution in [3.8, 4) is 0 Å². The van der Waals surface area contributed by atoms with Crippen molar-refractivity contribution in [3.63, 3.8) is 0 Å². The third-order valence-electron chi connectivity index (χ3n) is 4.81. The molecule has 1 fully saturated rings. The lowest BCUT2D eigenvalue weighted by Crippen LogP contribution is -2.44. The van der Waals surface area contributed by atoms with Gasteiger partial charge in [-0.15, -0.1) is 0 Å². The molecule has 0 amide bonds. The third kappa shape index (κ3) is 5.10. The zero-order chi connectivity index (χ0) is 15.3. The highest BCUT2D eigenvalue weighted by Gasteiger charge is 2.32. The molecule has 1 aromatic rings. The summed E-state index contributed by atoms with van der Waals surface area (Å²) in [5, 5.41) is 3.79.